The molecule has 4 aromatic rings. The van der Waals surface area contributed by atoms with Gasteiger partial charge in [0, 0.05) is 30.9 Å². The minimum atomic E-state index is 0. The van der Waals surface area contributed by atoms with E-state index in [0.717, 1.165) is 59.9 Å². The standard InChI is InChI=1S/C26H31N5O.CH4/c1-31(2)25-22-8-4-5-9-23(22)29-26(30-25)28-20-13-11-18(12-14-20)16-27-17-21-15-19-7-3-6-10-24(19)32-21;/h3-10,15,18,20,27H,11-14,16-17H2,1-2H3,(H,28,29,30);1H4. The minimum Gasteiger partial charge on any atom is -0.460 e. The molecule has 33 heavy (non-hydrogen) atoms. The van der Waals surface area contributed by atoms with Crippen molar-refractivity contribution in [1.82, 2.24) is 15.3 Å². The van der Waals surface area contributed by atoms with Crippen LogP contribution in [0.3, 0.4) is 0 Å². The predicted molar refractivity (Wildman–Crippen MR) is 138 cm³/mol. The number of hydrogen-bond acceptors (Lipinski definition) is 6. The fourth-order valence-corrected chi connectivity index (χ4v) is 4.68. The van der Waals surface area contributed by atoms with Crippen LogP contribution in [0.5, 0.6) is 0 Å². The third-order valence-corrected chi connectivity index (χ3v) is 6.40. The summed E-state index contributed by atoms with van der Waals surface area (Å²) in [6.45, 7) is 1.81. The Balaban J connectivity index is 0.00000259. The average molecular weight is 446 g/mol. The van der Waals surface area contributed by atoms with E-state index in [1.807, 2.05) is 44.4 Å². The molecule has 1 fully saturated rings. The van der Waals surface area contributed by atoms with Gasteiger partial charge in [0.2, 0.25) is 5.95 Å². The van der Waals surface area contributed by atoms with Crippen molar-refractivity contribution in [2.75, 3.05) is 30.9 Å². The number of furan rings is 1. The van der Waals surface area contributed by atoms with Crippen molar-refractivity contribution in [3.05, 3.63) is 60.4 Å². The molecule has 2 N–H and O–H groups in total. The first-order valence-corrected chi connectivity index (χ1v) is 11.5. The van der Waals surface area contributed by atoms with Gasteiger partial charge in [-0.2, -0.15) is 4.98 Å². The van der Waals surface area contributed by atoms with E-state index in [0.29, 0.717) is 12.0 Å². The first-order valence-electron chi connectivity index (χ1n) is 11.5. The van der Waals surface area contributed by atoms with Crippen molar-refractivity contribution >= 4 is 33.6 Å². The van der Waals surface area contributed by atoms with Crippen molar-refractivity contribution in [2.24, 2.45) is 5.92 Å². The highest BCUT2D eigenvalue weighted by molar-refractivity contribution is 5.90. The van der Waals surface area contributed by atoms with Crippen molar-refractivity contribution < 1.29 is 4.42 Å². The fourth-order valence-electron chi connectivity index (χ4n) is 4.68. The molecule has 1 aliphatic carbocycles. The Morgan fingerprint density at radius 2 is 1.73 bits per heavy atom. The van der Waals surface area contributed by atoms with Crippen molar-refractivity contribution in [2.45, 2.75) is 45.7 Å². The van der Waals surface area contributed by atoms with E-state index in [-0.39, 0.29) is 7.43 Å². The number of rotatable bonds is 7. The first-order chi connectivity index (χ1) is 15.7. The third kappa shape index (κ3) is 5.28. The number of fused-ring (bicyclic) bond motifs is 2. The Morgan fingerprint density at radius 3 is 2.52 bits per heavy atom. The summed E-state index contributed by atoms with van der Waals surface area (Å²) < 4.78 is 5.91. The van der Waals surface area contributed by atoms with Crippen LogP contribution in [-0.2, 0) is 6.54 Å². The molecule has 0 unspecified atom stereocenters. The number of aromatic nitrogens is 2. The molecule has 0 atom stereocenters. The molecule has 0 bridgehead atoms. The number of anilines is 2. The summed E-state index contributed by atoms with van der Waals surface area (Å²) in [5.74, 6) is 3.40. The molecule has 2 aromatic carbocycles. The monoisotopic (exact) mass is 445 g/mol. The highest BCUT2D eigenvalue weighted by Crippen LogP contribution is 2.28. The molecule has 5 rings (SSSR count). The van der Waals surface area contributed by atoms with Crippen LogP contribution in [0.15, 0.2) is 59.0 Å². The van der Waals surface area contributed by atoms with Gasteiger partial charge >= 0.3 is 0 Å². The van der Waals surface area contributed by atoms with Crippen LogP contribution in [0.25, 0.3) is 21.9 Å². The Bertz CT molecular complexity index is 1160. The Labute approximate surface area is 196 Å². The average Bonchev–Trinajstić information content (AvgIpc) is 3.22. The maximum atomic E-state index is 5.91. The lowest BCUT2D eigenvalue weighted by molar-refractivity contribution is 0.320. The Morgan fingerprint density at radius 1 is 0.970 bits per heavy atom. The second-order valence-electron chi connectivity index (χ2n) is 9.03. The van der Waals surface area contributed by atoms with E-state index in [1.165, 1.54) is 18.2 Å². The smallest absolute Gasteiger partial charge is 0.225 e. The van der Waals surface area contributed by atoms with Crippen LogP contribution in [0.4, 0.5) is 11.8 Å². The summed E-state index contributed by atoms with van der Waals surface area (Å²) in [6.07, 6.45) is 4.70. The van der Waals surface area contributed by atoms with E-state index in [1.54, 1.807) is 0 Å². The van der Waals surface area contributed by atoms with Gasteiger partial charge in [-0.3, -0.25) is 0 Å². The summed E-state index contributed by atoms with van der Waals surface area (Å²) in [4.78, 5) is 11.6. The van der Waals surface area contributed by atoms with Crippen LogP contribution in [-0.4, -0.2) is 36.6 Å². The molecule has 174 valence electrons. The molecular formula is C27H35N5O. The van der Waals surface area contributed by atoms with Crippen molar-refractivity contribution in [3.63, 3.8) is 0 Å². The molecular weight excluding hydrogens is 410 g/mol. The Kier molecular flexibility index (Phi) is 7.14. The molecule has 6 heteroatoms. The van der Waals surface area contributed by atoms with E-state index in [4.69, 9.17) is 14.4 Å². The number of para-hydroxylation sites is 2. The van der Waals surface area contributed by atoms with Gasteiger partial charge in [0.15, 0.2) is 0 Å². The zero-order valence-electron chi connectivity index (χ0n) is 18.8. The SMILES string of the molecule is C.CN(C)c1nc(NC2CCC(CNCc3cc4ccccc4o3)CC2)nc2ccccc12. The molecule has 6 nitrogen and oxygen atoms in total. The van der Waals surface area contributed by atoms with Gasteiger partial charge in [0.25, 0.3) is 0 Å². The lowest BCUT2D eigenvalue weighted by Crippen LogP contribution is -2.31. The highest BCUT2D eigenvalue weighted by Gasteiger charge is 2.22. The predicted octanol–water partition coefficient (Wildman–Crippen LogP) is 5.84. The van der Waals surface area contributed by atoms with Gasteiger partial charge in [-0.15, -0.1) is 0 Å². The molecule has 0 spiro atoms. The maximum absolute atomic E-state index is 5.91. The number of hydrogen-bond donors (Lipinski definition) is 2. The van der Waals surface area contributed by atoms with Gasteiger partial charge in [-0.25, -0.2) is 4.98 Å². The van der Waals surface area contributed by atoms with Crippen LogP contribution >= 0.6 is 0 Å². The molecule has 0 amide bonds. The van der Waals surface area contributed by atoms with Crippen LogP contribution in [0.2, 0.25) is 0 Å². The second-order valence-corrected chi connectivity index (χ2v) is 9.03. The molecule has 2 aromatic heterocycles. The van der Waals surface area contributed by atoms with E-state index in [9.17, 15) is 0 Å². The summed E-state index contributed by atoms with van der Waals surface area (Å²) in [5, 5.41) is 9.45. The normalized spacial score (nSPS) is 18.2. The number of benzene rings is 2. The van der Waals surface area contributed by atoms with Crippen LogP contribution in [0.1, 0.15) is 38.9 Å². The van der Waals surface area contributed by atoms with Gasteiger partial charge in [0.05, 0.1) is 12.1 Å². The molecule has 1 saturated carbocycles. The minimum absolute atomic E-state index is 0. The van der Waals surface area contributed by atoms with Gasteiger partial charge < -0.3 is 20.0 Å². The van der Waals surface area contributed by atoms with Gasteiger partial charge in [-0.05, 0) is 62.4 Å². The summed E-state index contributed by atoms with van der Waals surface area (Å²) in [5.41, 5.74) is 1.95. The molecule has 0 saturated heterocycles. The van der Waals surface area contributed by atoms with Gasteiger partial charge in [0.1, 0.15) is 17.2 Å². The topological polar surface area (TPSA) is 66.2 Å². The molecule has 0 radical (unpaired) electrons. The highest BCUT2D eigenvalue weighted by atomic mass is 16.3. The number of nitrogens with one attached hydrogen (secondary N) is 2. The van der Waals surface area contributed by atoms with Crippen LogP contribution in [0, 0.1) is 5.92 Å². The third-order valence-electron chi connectivity index (χ3n) is 6.40. The quantitative estimate of drug-likeness (QED) is 0.373. The summed E-state index contributed by atoms with van der Waals surface area (Å²) >= 11 is 0. The lowest BCUT2D eigenvalue weighted by atomic mass is 9.86. The Hall–Kier alpha value is -3.12. The summed E-state index contributed by atoms with van der Waals surface area (Å²) in [6, 6.07) is 18.9. The van der Waals surface area contributed by atoms with E-state index < -0.39 is 0 Å². The molecule has 0 aliphatic heterocycles. The van der Waals surface area contributed by atoms with E-state index >= 15 is 0 Å². The first kappa shape index (κ1) is 23.1. The maximum Gasteiger partial charge on any atom is 0.225 e. The van der Waals surface area contributed by atoms with Gasteiger partial charge in [-0.1, -0.05) is 37.8 Å². The summed E-state index contributed by atoms with van der Waals surface area (Å²) in [7, 11) is 4.06. The molecule has 2 heterocycles. The number of nitrogens with zero attached hydrogens (tertiary/aromatic N) is 3. The lowest BCUT2D eigenvalue weighted by Gasteiger charge is -2.29. The van der Waals surface area contributed by atoms with Crippen molar-refractivity contribution in [1.29, 1.82) is 0 Å². The van der Waals surface area contributed by atoms with Crippen LogP contribution < -0.4 is 15.5 Å². The zero-order valence-corrected chi connectivity index (χ0v) is 18.8. The van der Waals surface area contributed by atoms with Crippen molar-refractivity contribution in [3.8, 4) is 0 Å². The zero-order chi connectivity index (χ0) is 21.9. The molecule has 1 aliphatic rings. The largest absolute Gasteiger partial charge is 0.460 e. The van der Waals surface area contributed by atoms with E-state index in [2.05, 4.69) is 39.8 Å². The fraction of sp³-hybridized carbons (Fsp3) is 0.407. The second kappa shape index (κ2) is 10.2.